The third-order valence-electron chi connectivity index (χ3n) is 10.5. The van der Waals surface area contributed by atoms with Gasteiger partial charge in [-0.1, -0.05) is 97.4 Å². The van der Waals surface area contributed by atoms with Crippen molar-refractivity contribution in [2.24, 2.45) is 27.2 Å². The van der Waals surface area contributed by atoms with Crippen molar-refractivity contribution in [1.29, 1.82) is 0 Å². The second-order valence-electron chi connectivity index (χ2n) is 17.1. The first kappa shape index (κ1) is 34.7. The van der Waals surface area contributed by atoms with E-state index in [-0.39, 0.29) is 40.6 Å². The van der Waals surface area contributed by atoms with Gasteiger partial charge in [0, 0.05) is 5.56 Å². The molecule has 1 fully saturated rings. The van der Waals surface area contributed by atoms with Crippen molar-refractivity contribution in [1.82, 2.24) is 30.8 Å². The molecule has 1 spiro atoms. The average molecular weight is 642 g/mol. The molecule has 2 heterocycles. The number of allylic oxidation sites excluding steroid dienone is 3. The molecule has 1 unspecified atom stereocenters. The summed E-state index contributed by atoms with van der Waals surface area (Å²) in [5, 5.41) is 16.6. The molecule has 1 atom stereocenters. The van der Waals surface area contributed by atoms with E-state index in [2.05, 4.69) is 105 Å². The van der Waals surface area contributed by atoms with Gasteiger partial charge in [-0.05, 0) is 96.8 Å². The SMILES string of the molecule is CC(C)(C)CCC(c1ccc(C(=O)NCc2nn[nH]n2)cc1)N1C(=O)C(C2=CC=C(C(C)(C)C)CC2)=NC12CCC(C(C)(C)C)CC2. The smallest absolute Gasteiger partial charge is 0.274 e. The molecule has 254 valence electrons. The van der Waals surface area contributed by atoms with Gasteiger partial charge in [-0.2, -0.15) is 5.21 Å². The van der Waals surface area contributed by atoms with Crippen LogP contribution < -0.4 is 5.32 Å². The molecule has 9 nitrogen and oxygen atoms in total. The number of nitrogens with one attached hydrogen (secondary N) is 2. The summed E-state index contributed by atoms with van der Waals surface area (Å²) in [6, 6.07) is 7.61. The van der Waals surface area contributed by atoms with Crippen molar-refractivity contribution in [2.75, 3.05) is 0 Å². The van der Waals surface area contributed by atoms with E-state index in [9.17, 15) is 9.59 Å². The minimum atomic E-state index is -0.563. The van der Waals surface area contributed by atoms with Gasteiger partial charge in [-0.3, -0.25) is 14.6 Å². The number of carbonyl (C=O) groups is 2. The Labute approximate surface area is 281 Å². The molecule has 47 heavy (non-hydrogen) atoms. The zero-order valence-corrected chi connectivity index (χ0v) is 30.0. The highest BCUT2D eigenvalue weighted by Gasteiger charge is 2.53. The molecule has 2 N–H and O–H groups in total. The molecule has 2 aromatic rings. The number of amides is 2. The zero-order valence-electron chi connectivity index (χ0n) is 30.0. The van der Waals surface area contributed by atoms with E-state index in [1.165, 1.54) is 5.57 Å². The number of tetrazole rings is 1. The topological polar surface area (TPSA) is 116 Å². The van der Waals surface area contributed by atoms with Crippen LogP contribution in [0.3, 0.4) is 0 Å². The van der Waals surface area contributed by atoms with Gasteiger partial charge in [-0.25, -0.2) is 0 Å². The highest BCUT2D eigenvalue weighted by atomic mass is 16.2. The molecule has 1 saturated carbocycles. The number of rotatable bonds is 8. The fourth-order valence-corrected chi connectivity index (χ4v) is 7.40. The molecular weight excluding hydrogens is 586 g/mol. The van der Waals surface area contributed by atoms with Gasteiger partial charge >= 0.3 is 0 Å². The molecular formula is C38H55N7O2. The first-order valence-corrected chi connectivity index (χ1v) is 17.4. The van der Waals surface area contributed by atoms with E-state index in [4.69, 9.17) is 4.99 Å². The van der Waals surface area contributed by atoms with Gasteiger partial charge in [0.05, 0.1) is 12.6 Å². The van der Waals surface area contributed by atoms with Crippen LogP contribution in [0, 0.1) is 22.2 Å². The number of carbonyl (C=O) groups excluding carboxylic acids is 2. The molecule has 2 aliphatic carbocycles. The lowest BCUT2D eigenvalue weighted by Gasteiger charge is -2.47. The maximum atomic E-state index is 14.8. The van der Waals surface area contributed by atoms with E-state index < -0.39 is 5.66 Å². The number of aromatic nitrogens is 4. The predicted octanol–water partition coefficient (Wildman–Crippen LogP) is 7.91. The summed E-state index contributed by atoms with van der Waals surface area (Å²) in [5.41, 5.74) is 4.57. The van der Waals surface area contributed by atoms with Gasteiger partial charge in [0.1, 0.15) is 11.4 Å². The Hall–Kier alpha value is -3.62. The number of aliphatic imine (C=N–C) groups is 1. The number of hydrogen-bond donors (Lipinski definition) is 2. The molecule has 0 saturated heterocycles. The summed E-state index contributed by atoms with van der Waals surface area (Å²) in [4.78, 5) is 35.4. The van der Waals surface area contributed by atoms with E-state index in [0.29, 0.717) is 23.0 Å². The van der Waals surface area contributed by atoms with Crippen LogP contribution in [0.4, 0.5) is 0 Å². The normalized spacial score (nSPS) is 23.0. The maximum Gasteiger partial charge on any atom is 0.274 e. The first-order valence-electron chi connectivity index (χ1n) is 17.4. The van der Waals surface area contributed by atoms with Crippen LogP contribution in [-0.4, -0.2) is 48.7 Å². The van der Waals surface area contributed by atoms with Gasteiger partial charge in [-0.15, -0.1) is 10.2 Å². The molecule has 1 aliphatic heterocycles. The van der Waals surface area contributed by atoms with Gasteiger partial charge < -0.3 is 10.2 Å². The molecule has 3 aliphatic rings. The van der Waals surface area contributed by atoms with Gasteiger partial charge in [0.15, 0.2) is 5.82 Å². The summed E-state index contributed by atoms with van der Waals surface area (Å²) in [5.74, 6) is 0.859. The molecule has 1 aromatic heterocycles. The van der Waals surface area contributed by atoms with Crippen LogP contribution >= 0.6 is 0 Å². The first-order chi connectivity index (χ1) is 22.0. The lowest BCUT2D eigenvalue weighted by Crippen LogP contribution is -2.51. The quantitative estimate of drug-likeness (QED) is 0.304. The third kappa shape index (κ3) is 7.92. The summed E-state index contributed by atoms with van der Waals surface area (Å²) < 4.78 is 0. The van der Waals surface area contributed by atoms with Gasteiger partial charge in [0.2, 0.25) is 0 Å². The molecule has 0 radical (unpaired) electrons. The van der Waals surface area contributed by atoms with Crippen molar-refractivity contribution in [3.63, 3.8) is 0 Å². The molecule has 5 rings (SSSR count). The van der Waals surface area contributed by atoms with Crippen molar-refractivity contribution in [3.8, 4) is 0 Å². The minimum absolute atomic E-state index is 0.0545. The Kier molecular flexibility index (Phi) is 9.69. The summed E-state index contributed by atoms with van der Waals surface area (Å²) in [7, 11) is 0. The van der Waals surface area contributed by atoms with Gasteiger partial charge in [0.25, 0.3) is 11.8 Å². The second kappa shape index (κ2) is 13.1. The largest absolute Gasteiger partial charge is 0.345 e. The molecule has 1 aromatic carbocycles. The summed E-state index contributed by atoms with van der Waals surface area (Å²) in [6.45, 7) is 20.7. The highest BCUT2D eigenvalue weighted by Crippen LogP contribution is 2.50. The fraction of sp³-hybridized carbons (Fsp3) is 0.632. The molecule has 9 heteroatoms. The number of nitrogens with zero attached hydrogens (tertiary/aromatic N) is 5. The zero-order chi connectivity index (χ0) is 34.2. The third-order valence-corrected chi connectivity index (χ3v) is 10.5. The standard InChI is InChI=1S/C38H55N7O2/c1-35(2,3)21-20-30(25-10-12-27(13-11-25)33(46)39-24-31-41-43-44-42-31)45-34(47)32(26-14-16-28(17-15-26)36(4,5)6)40-38(45)22-18-29(19-23-38)37(7,8)9/h10-14,16,29-30H,15,17-24H2,1-9H3,(H,39,46)(H,41,42,43,44). The van der Waals surface area contributed by atoms with Crippen LogP contribution in [-0.2, 0) is 11.3 Å². The van der Waals surface area contributed by atoms with Crippen LogP contribution in [0.15, 0.2) is 52.6 Å². The van der Waals surface area contributed by atoms with Crippen LogP contribution in [0.25, 0.3) is 0 Å². The number of benzene rings is 1. The van der Waals surface area contributed by atoms with E-state index in [0.717, 1.165) is 62.5 Å². The number of H-pyrrole nitrogens is 1. The van der Waals surface area contributed by atoms with E-state index in [1.807, 2.05) is 24.3 Å². The monoisotopic (exact) mass is 641 g/mol. The Morgan fingerprint density at radius 3 is 2.21 bits per heavy atom. The van der Waals surface area contributed by atoms with Crippen molar-refractivity contribution in [2.45, 2.75) is 132 Å². The van der Waals surface area contributed by atoms with Crippen molar-refractivity contribution in [3.05, 3.63) is 64.5 Å². The maximum absolute atomic E-state index is 14.8. The second-order valence-corrected chi connectivity index (χ2v) is 17.1. The lowest BCUT2D eigenvalue weighted by atomic mass is 9.69. The van der Waals surface area contributed by atoms with Crippen molar-refractivity contribution >= 4 is 17.5 Å². The highest BCUT2D eigenvalue weighted by molar-refractivity contribution is 6.46. The average Bonchev–Trinajstić information content (AvgIpc) is 3.62. The Morgan fingerprint density at radius 1 is 1.00 bits per heavy atom. The Morgan fingerprint density at radius 2 is 1.68 bits per heavy atom. The van der Waals surface area contributed by atoms with Crippen LogP contribution in [0.2, 0.25) is 0 Å². The number of aromatic amines is 1. The molecule has 0 bridgehead atoms. The summed E-state index contributed by atoms with van der Waals surface area (Å²) in [6.07, 6.45) is 11.7. The Balaban J connectivity index is 1.49. The van der Waals surface area contributed by atoms with Crippen LogP contribution in [0.5, 0.6) is 0 Å². The number of hydrogen-bond acceptors (Lipinski definition) is 6. The fourth-order valence-electron chi connectivity index (χ4n) is 7.40. The summed E-state index contributed by atoms with van der Waals surface area (Å²) >= 11 is 0. The van der Waals surface area contributed by atoms with E-state index >= 15 is 0 Å². The predicted molar refractivity (Wildman–Crippen MR) is 186 cm³/mol. The molecule has 2 amide bonds. The Bertz CT molecular complexity index is 1520. The van der Waals surface area contributed by atoms with Crippen LogP contribution in [0.1, 0.15) is 141 Å². The van der Waals surface area contributed by atoms with Crippen molar-refractivity contribution < 1.29 is 9.59 Å². The lowest BCUT2D eigenvalue weighted by molar-refractivity contribution is -0.134. The minimum Gasteiger partial charge on any atom is -0.345 e. The van der Waals surface area contributed by atoms with E-state index in [1.54, 1.807) is 0 Å².